The van der Waals surface area contributed by atoms with Gasteiger partial charge < -0.3 is 4.74 Å². The minimum Gasteiger partial charge on any atom is -0.377 e. The molecule has 0 aliphatic carbocycles. The molecule has 3 heteroatoms. The molecule has 1 aliphatic heterocycles. The number of ether oxygens (including phenoxy) is 1. The molecule has 2 unspecified atom stereocenters. The first-order valence-electron chi connectivity index (χ1n) is 5.28. The molecule has 1 heterocycles. The maximum atomic E-state index is 5.86. The SMILES string of the molecule is Clc1ccc(C(Br)C2CCCCO2)cc1. The van der Waals surface area contributed by atoms with Crippen LogP contribution in [0.3, 0.4) is 0 Å². The van der Waals surface area contributed by atoms with Crippen molar-refractivity contribution in [3.05, 3.63) is 34.9 Å². The van der Waals surface area contributed by atoms with Gasteiger partial charge in [0.05, 0.1) is 10.9 Å². The Labute approximate surface area is 104 Å². The molecule has 15 heavy (non-hydrogen) atoms. The Hall–Kier alpha value is -0.0500. The van der Waals surface area contributed by atoms with Crippen molar-refractivity contribution in [3.8, 4) is 0 Å². The summed E-state index contributed by atoms with van der Waals surface area (Å²) in [5, 5.41) is 0.781. The second-order valence-electron chi connectivity index (χ2n) is 3.86. The predicted octanol–water partition coefficient (Wildman–Crippen LogP) is 4.35. The van der Waals surface area contributed by atoms with Gasteiger partial charge in [-0.1, -0.05) is 39.7 Å². The Morgan fingerprint density at radius 2 is 2.00 bits per heavy atom. The van der Waals surface area contributed by atoms with Crippen LogP contribution >= 0.6 is 27.5 Å². The molecule has 0 amide bonds. The van der Waals surface area contributed by atoms with Gasteiger partial charge in [-0.25, -0.2) is 0 Å². The number of benzene rings is 1. The van der Waals surface area contributed by atoms with Crippen LogP contribution in [0, 0.1) is 0 Å². The monoisotopic (exact) mass is 288 g/mol. The summed E-state index contributed by atoms with van der Waals surface area (Å²) in [6.07, 6.45) is 3.90. The first kappa shape index (κ1) is 11.4. The van der Waals surface area contributed by atoms with Gasteiger partial charge in [0.2, 0.25) is 0 Å². The smallest absolute Gasteiger partial charge is 0.0740 e. The van der Waals surface area contributed by atoms with E-state index in [-0.39, 0.29) is 4.83 Å². The van der Waals surface area contributed by atoms with Crippen molar-refractivity contribution in [3.63, 3.8) is 0 Å². The molecule has 0 bridgehead atoms. The summed E-state index contributed by atoms with van der Waals surface area (Å²) in [5.41, 5.74) is 1.24. The molecule has 1 saturated heterocycles. The van der Waals surface area contributed by atoms with Gasteiger partial charge in [0.25, 0.3) is 0 Å². The van der Waals surface area contributed by atoms with E-state index < -0.39 is 0 Å². The minimum atomic E-state index is 0.287. The summed E-state index contributed by atoms with van der Waals surface area (Å²) in [6, 6.07) is 7.96. The number of rotatable bonds is 2. The Bertz CT molecular complexity index is 306. The molecule has 2 rings (SSSR count). The van der Waals surface area contributed by atoms with E-state index in [9.17, 15) is 0 Å². The topological polar surface area (TPSA) is 9.23 Å². The molecule has 0 N–H and O–H groups in total. The van der Waals surface area contributed by atoms with E-state index in [4.69, 9.17) is 16.3 Å². The minimum absolute atomic E-state index is 0.287. The van der Waals surface area contributed by atoms with Gasteiger partial charge >= 0.3 is 0 Å². The summed E-state index contributed by atoms with van der Waals surface area (Å²) in [5.74, 6) is 0. The van der Waals surface area contributed by atoms with Crippen LogP contribution in [0.15, 0.2) is 24.3 Å². The summed E-state index contributed by atoms with van der Waals surface area (Å²) in [6.45, 7) is 0.889. The van der Waals surface area contributed by atoms with E-state index in [1.54, 1.807) is 0 Å². The average molecular weight is 290 g/mol. The highest BCUT2D eigenvalue weighted by molar-refractivity contribution is 9.09. The lowest BCUT2D eigenvalue weighted by Crippen LogP contribution is -2.23. The number of halogens is 2. The summed E-state index contributed by atoms with van der Waals surface area (Å²) in [7, 11) is 0. The molecule has 1 fully saturated rings. The van der Waals surface area contributed by atoms with Gasteiger partial charge in [-0.15, -0.1) is 0 Å². The van der Waals surface area contributed by atoms with E-state index in [1.165, 1.54) is 18.4 Å². The van der Waals surface area contributed by atoms with Crippen molar-refractivity contribution in [2.24, 2.45) is 0 Å². The predicted molar refractivity (Wildman–Crippen MR) is 66.7 cm³/mol. The van der Waals surface area contributed by atoms with E-state index in [0.717, 1.165) is 18.1 Å². The zero-order valence-electron chi connectivity index (χ0n) is 8.46. The maximum Gasteiger partial charge on any atom is 0.0740 e. The zero-order chi connectivity index (χ0) is 10.7. The lowest BCUT2D eigenvalue weighted by molar-refractivity contribution is 0.0160. The summed E-state index contributed by atoms with van der Waals surface area (Å²) >= 11 is 9.56. The van der Waals surface area contributed by atoms with Crippen molar-refractivity contribution in [2.45, 2.75) is 30.2 Å². The molecule has 1 aromatic carbocycles. The highest BCUT2D eigenvalue weighted by Gasteiger charge is 2.23. The highest BCUT2D eigenvalue weighted by atomic mass is 79.9. The largest absolute Gasteiger partial charge is 0.377 e. The Morgan fingerprint density at radius 3 is 2.60 bits per heavy atom. The van der Waals surface area contributed by atoms with Crippen molar-refractivity contribution >= 4 is 27.5 Å². The maximum absolute atomic E-state index is 5.86. The molecular formula is C12H14BrClO. The van der Waals surface area contributed by atoms with Gasteiger partial charge in [0.1, 0.15) is 0 Å². The third-order valence-electron chi connectivity index (χ3n) is 2.73. The van der Waals surface area contributed by atoms with E-state index in [2.05, 4.69) is 28.1 Å². The zero-order valence-corrected chi connectivity index (χ0v) is 10.8. The molecule has 82 valence electrons. The standard InChI is InChI=1S/C12H14BrClO/c13-12(11-3-1-2-8-15-11)9-4-6-10(14)7-5-9/h4-7,11-12H,1-3,8H2. The molecule has 1 aromatic rings. The van der Waals surface area contributed by atoms with Crippen LogP contribution in [0.4, 0.5) is 0 Å². The fourth-order valence-electron chi connectivity index (χ4n) is 1.86. The normalized spacial score (nSPS) is 23.7. The summed E-state index contributed by atoms with van der Waals surface area (Å²) < 4.78 is 5.74. The van der Waals surface area contributed by atoms with E-state index in [1.807, 2.05) is 12.1 Å². The molecular weight excluding hydrogens is 275 g/mol. The van der Waals surface area contributed by atoms with Crippen LogP contribution < -0.4 is 0 Å². The van der Waals surface area contributed by atoms with Gasteiger partial charge in [0.15, 0.2) is 0 Å². The Morgan fingerprint density at radius 1 is 1.27 bits per heavy atom. The summed E-state index contributed by atoms with van der Waals surface area (Å²) in [4.78, 5) is 0.287. The van der Waals surface area contributed by atoms with Gasteiger partial charge in [-0.2, -0.15) is 0 Å². The van der Waals surface area contributed by atoms with Crippen LogP contribution in [0.2, 0.25) is 5.02 Å². The fourth-order valence-corrected chi connectivity index (χ4v) is 2.71. The molecule has 0 spiro atoms. The molecule has 1 nitrogen and oxygen atoms in total. The van der Waals surface area contributed by atoms with E-state index in [0.29, 0.717) is 6.10 Å². The highest BCUT2D eigenvalue weighted by Crippen LogP contribution is 2.33. The van der Waals surface area contributed by atoms with E-state index >= 15 is 0 Å². The third kappa shape index (κ3) is 2.96. The van der Waals surface area contributed by atoms with Crippen LogP contribution in [0.25, 0.3) is 0 Å². The fraction of sp³-hybridized carbons (Fsp3) is 0.500. The Kier molecular flexibility index (Phi) is 4.06. The first-order valence-corrected chi connectivity index (χ1v) is 6.58. The quantitative estimate of drug-likeness (QED) is 0.736. The van der Waals surface area contributed by atoms with Crippen LogP contribution in [-0.2, 0) is 4.74 Å². The number of hydrogen-bond acceptors (Lipinski definition) is 1. The van der Waals surface area contributed by atoms with Crippen molar-refractivity contribution < 1.29 is 4.74 Å². The van der Waals surface area contributed by atoms with Gasteiger partial charge in [0, 0.05) is 11.6 Å². The van der Waals surface area contributed by atoms with Crippen LogP contribution in [-0.4, -0.2) is 12.7 Å². The number of alkyl halides is 1. The molecule has 2 atom stereocenters. The van der Waals surface area contributed by atoms with Crippen molar-refractivity contribution in [1.29, 1.82) is 0 Å². The second kappa shape index (κ2) is 5.33. The first-order chi connectivity index (χ1) is 7.27. The van der Waals surface area contributed by atoms with Crippen LogP contribution in [0.1, 0.15) is 29.7 Å². The van der Waals surface area contributed by atoms with Crippen molar-refractivity contribution in [2.75, 3.05) is 6.61 Å². The lowest BCUT2D eigenvalue weighted by atomic mass is 10.0. The molecule has 0 radical (unpaired) electrons. The third-order valence-corrected chi connectivity index (χ3v) is 4.10. The number of hydrogen-bond donors (Lipinski definition) is 0. The van der Waals surface area contributed by atoms with Gasteiger partial charge in [-0.05, 0) is 37.0 Å². The second-order valence-corrected chi connectivity index (χ2v) is 5.28. The lowest BCUT2D eigenvalue weighted by Gasteiger charge is -2.27. The molecule has 0 saturated carbocycles. The molecule has 1 aliphatic rings. The van der Waals surface area contributed by atoms with Crippen LogP contribution in [0.5, 0.6) is 0 Å². The average Bonchev–Trinajstić information content (AvgIpc) is 2.30. The Balaban J connectivity index is 2.05. The van der Waals surface area contributed by atoms with Gasteiger partial charge in [-0.3, -0.25) is 0 Å². The molecule has 0 aromatic heterocycles. The van der Waals surface area contributed by atoms with Crippen molar-refractivity contribution in [1.82, 2.24) is 0 Å².